The summed E-state index contributed by atoms with van der Waals surface area (Å²) in [6.45, 7) is 1.72. The molecule has 1 aromatic rings. The van der Waals surface area contributed by atoms with Crippen molar-refractivity contribution in [1.82, 2.24) is 5.32 Å². The summed E-state index contributed by atoms with van der Waals surface area (Å²) in [7, 11) is 1.43. The van der Waals surface area contributed by atoms with E-state index in [-0.39, 0.29) is 6.54 Å². The molecule has 0 bridgehead atoms. The fourth-order valence-electron chi connectivity index (χ4n) is 1.47. The van der Waals surface area contributed by atoms with E-state index in [0.29, 0.717) is 11.3 Å². The number of carbonyl (C=O) groups excluding carboxylic acids is 1. The van der Waals surface area contributed by atoms with Crippen molar-refractivity contribution >= 4 is 5.91 Å². The van der Waals surface area contributed by atoms with E-state index >= 15 is 0 Å². The van der Waals surface area contributed by atoms with Crippen molar-refractivity contribution in [2.45, 2.75) is 26.1 Å². The lowest BCUT2D eigenvalue weighted by Crippen LogP contribution is -2.36. The number of alkyl halides is 3. The minimum absolute atomic E-state index is 0.213. The van der Waals surface area contributed by atoms with Gasteiger partial charge in [-0.2, -0.15) is 13.2 Å². The predicted molar refractivity (Wildman–Crippen MR) is 60.3 cm³/mol. The molecule has 18 heavy (non-hydrogen) atoms. The zero-order chi connectivity index (χ0) is 13.8. The molecule has 0 heterocycles. The Morgan fingerprint density at radius 1 is 1.39 bits per heavy atom. The van der Waals surface area contributed by atoms with Crippen molar-refractivity contribution in [1.29, 1.82) is 0 Å². The van der Waals surface area contributed by atoms with Gasteiger partial charge in [0.25, 0.3) is 0 Å². The van der Waals surface area contributed by atoms with Gasteiger partial charge in [0.15, 0.2) is 0 Å². The van der Waals surface area contributed by atoms with Gasteiger partial charge in [0.05, 0.1) is 7.11 Å². The maximum Gasteiger partial charge on any atom is 0.471 e. The fraction of sp³-hybridized carbons (Fsp3) is 0.417. The third kappa shape index (κ3) is 3.65. The van der Waals surface area contributed by atoms with Crippen LogP contribution >= 0.6 is 0 Å². The largest absolute Gasteiger partial charge is 0.496 e. The molecule has 0 saturated heterocycles. The molecule has 0 aliphatic heterocycles. The van der Waals surface area contributed by atoms with Crippen molar-refractivity contribution < 1.29 is 22.7 Å². The number of halogens is 3. The van der Waals surface area contributed by atoms with Crippen LogP contribution in [0.2, 0.25) is 0 Å². The predicted octanol–water partition coefficient (Wildman–Crippen LogP) is 2.44. The van der Waals surface area contributed by atoms with Gasteiger partial charge >= 0.3 is 12.1 Å². The quantitative estimate of drug-likeness (QED) is 0.904. The summed E-state index contributed by atoms with van der Waals surface area (Å²) in [5.74, 6) is -1.50. The van der Waals surface area contributed by atoms with Crippen LogP contribution in [0, 0.1) is 0 Å². The van der Waals surface area contributed by atoms with Gasteiger partial charge in [0, 0.05) is 12.1 Å². The van der Waals surface area contributed by atoms with Crippen molar-refractivity contribution in [3.8, 4) is 5.75 Å². The first-order valence-corrected chi connectivity index (χ1v) is 5.39. The first-order valence-electron chi connectivity index (χ1n) is 5.39. The summed E-state index contributed by atoms with van der Waals surface area (Å²) < 4.78 is 41.1. The van der Waals surface area contributed by atoms with E-state index in [2.05, 4.69) is 0 Å². The summed E-state index contributed by atoms with van der Waals surface area (Å²) in [5.41, 5.74) is 1.49. The van der Waals surface area contributed by atoms with Crippen LogP contribution in [0.25, 0.3) is 0 Å². The molecule has 0 aliphatic carbocycles. The SMILES string of the molecule is CCc1ccc(OC)c(CNC(=O)C(F)(F)F)c1. The highest BCUT2D eigenvalue weighted by atomic mass is 19.4. The van der Waals surface area contributed by atoms with Crippen LogP contribution in [0.5, 0.6) is 5.75 Å². The maximum atomic E-state index is 12.0. The molecule has 0 unspecified atom stereocenters. The van der Waals surface area contributed by atoms with Crippen molar-refractivity contribution in [2.75, 3.05) is 7.11 Å². The molecule has 6 heteroatoms. The summed E-state index contributed by atoms with van der Waals surface area (Å²) in [4.78, 5) is 10.7. The van der Waals surface area contributed by atoms with Crippen molar-refractivity contribution in [3.63, 3.8) is 0 Å². The number of hydrogen-bond donors (Lipinski definition) is 1. The van der Waals surface area contributed by atoms with E-state index in [0.717, 1.165) is 12.0 Å². The molecule has 0 spiro atoms. The number of hydrogen-bond acceptors (Lipinski definition) is 2. The fourth-order valence-corrected chi connectivity index (χ4v) is 1.47. The first-order chi connectivity index (χ1) is 8.38. The Kier molecular flexibility index (Phi) is 4.58. The molecule has 1 rings (SSSR count). The second-order valence-electron chi connectivity index (χ2n) is 3.68. The molecular weight excluding hydrogens is 247 g/mol. The van der Waals surface area contributed by atoms with E-state index in [4.69, 9.17) is 4.74 Å². The number of ether oxygens (including phenoxy) is 1. The second kappa shape index (κ2) is 5.75. The summed E-state index contributed by atoms with van der Waals surface area (Å²) in [5, 5.41) is 1.82. The molecule has 0 radical (unpaired) electrons. The average Bonchev–Trinajstić information content (AvgIpc) is 2.34. The van der Waals surface area contributed by atoms with Gasteiger partial charge in [-0.05, 0) is 18.1 Å². The lowest BCUT2D eigenvalue weighted by molar-refractivity contribution is -0.173. The van der Waals surface area contributed by atoms with E-state index in [1.54, 1.807) is 12.1 Å². The zero-order valence-electron chi connectivity index (χ0n) is 10.1. The Morgan fingerprint density at radius 2 is 2.06 bits per heavy atom. The number of amides is 1. The summed E-state index contributed by atoms with van der Waals surface area (Å²) >= 11 is 0. The van der Waals surface area contributed by atoms with Crippen molar-refractivity contribution in [3.05, 3.63) is 29.3 Å². The molecule has 3 nitrogen and oxygen atoms in total. The van der Waals surface area contributed by atoms with Crippen LogP contribution in [-0.4, -0.2) is 19.2 Å². The highest BCUT2D eigenvalue weighted by molar-refractivity contribution is 5.81. The van der Waals surface area contributed by atoms with Gasteiger partial charge in [-0.3, -0.25) is 4.79 Å². The van der Waals surface area contributed by atoms with Gasteiger partial charge < -0.3 is 10.1 Å². The van der Waals surface area contributed by atoms with Gasteiger partial charge in [-0.25, -0.2) is 0 Å². The normalized spacial score (nSPS) is 11.2. The van der Waals surface area contributed by atoms with Crippen LogP contribution in [-0.2, 0) is 17.8 Å². The topological polar surface area (TPSA) is 38.3 Å². The highest BCUT2D eigenvalue weighted by Crippen LogP contribution is 2.21. The third-order valence-electron chi connectivity index (χ3n) is 2.45. The Hall–Kier alpha value is -1.72. The van der Waals surface area contributed by atoms with Gasteiger partial charge in [-0.1, -0.05) is 19.1 Å². The molecule has 1 aromatic carbocycles. The van der Waals surface area contributed by atoms with E-state index in [1.165, 1.54) is 7.11 Å². The minimum atomic E-state index is -4.87. The molecule has 1 N–H and O–H groups in total. The Balaban J connectivity index is 2.80. The second-order valence-corrected chi connectivity index (χ2v) is 3.68. The molecule has 0 saturated carbocycles. The lowest BCUT2D eigenvalue weighted by Gasteiger charge is -2.12. The van der Waals surface area contributed by atoms with E-state index in [1.807, 2.05) is 18.3 Å². The smallest absolute Gasteiger partial charge is 0.471 e. The maximum absolute atomic E-state index is 12.0. The first kappa shape index (κ1) is 14.3. The molecule has 100 valence electrons. The average molecular weight is 261 g/mol. The number of nitrogens with one attached hydrogen (secondary N) is 1. The van der Waals surface area contributed by atoms with Crippen LogP contribution in [0.15, 0.2) is 18.2 Å². The Bertz CT molecular complexity index is 430. The minimum Gasteiger partial charge on any atom is -0.496 e. The van der Waals surface area contributed by atoms with E-state index in [9.17, 15) is 18.0 Å². The van der Waals surface area contributed by atoms with Crippen LogP contribution in [0.4, 0.5) is 13.2 Å². The third-order valence-corrected chi connectivity index (χ3v) is 2.45. The zero-order valence-corrected chi connectivity index (χ0v) is 10.1. The van der Waals surface area contributed by atoms with Gasteiger partial charge in [-0.15, -0.1) is 0 Å². The van der Waals surface area contributed by atoms with Crippen LogP contribution in [0.1, 0.15) is 18.1 Å². The lowest BCUT2D eigenvalue weighted by atomic mass is 10.1. The van der Waals surface area contributed by atoms with Gasteiger partial charge in [0.2, 0.25) is 0 Å². The highest BCUT2D eigenvalue weighted by Gasteiger charge is 2.38. The summed E-state index contributed by atoms with van der Waals surface area (Å²) in [6, 6.07) is 5.22. The monoisotopic (exact) mass is 261 g/mol. The molecule has 0 atom stereocenters. The standard InChI is InChI=1S/C12H14F3NO2/c1-3-8-4-5-10(18-2)9(6-8)7-16-11(17)12(13,14)15/h4-6H,3,7H2,1-2H3,(H,16,17). The van der Waals surface area contributed by atoms with Crippen LogP contribution < -0.4 is 10.1 Å². The molecule has 0 aliphatic rings. The molecule has 0 fully saturated rings. The van der Waals surface area contributed by atoms with Gasteiger partial charge in [0.1, 0.15) is 5.75 Å². The molecular formula is C12H14F3NO2. The van der Waals surface area contributed by atoms with Crippen LogP contribution in [0.3, 0.4) is 0 Å². The number of rotatable bonds is 4. The van der Waals surface area contributed by atoms with Crippen molar-refractivity contribution in [2.24, 2.45) is 0 Å². The molecule has 0 aromatic heterocycles. The number of carbonyl (C=O) groups is 1. The molecule has 1 amide bonds. The Labute approximate surface area is 103 Å². The number of methoxy groups -OCH3 is 1. The summed E-state index contributed by atoms with van der Waals surface area (Å²) in [6.07, 6.45) is -4.11. The Morgan fingerprint density at radius 3 is 2.56 bits per heavy atom. The van der Waals surface area contributed by atoms with E-state index < -0.39 is 12.1 Å². The number of aryl methyl sites for hydroxylation is 1. The number of benzene rings is 1.